The molecule has 0 unspecified atom stereocenters. The van der Waals surface area contributed by atoms with E-state index in [0.29, 0.717) is 0 Å². The molecule has 2 rings (SSSR count). The number of hydrogen-bond donors (Lipinski definition) is 2. The zero-order valence-electron chi connectivity index (χ0n) is 8.62. The van der Waals surface area contributed by atoms with E-state index in [1.807, 2.05) is 31.3 Å². The van der Waals surface area contributed by atoms with Crippen LogP contribution >= 0.6 is 0 Å². The van der Waals surface area contributed by atoms with Crippen molar-refractivity contribution in [1.82, 2.24) is 9.97 Å². The number of aryl methyl sites for hydroxylation is 1. The van der Waals surface area contributed by atoms with Gasteiger partial charge in [0, 0.05) is 0 Å². The largest absolute Gasteiger partial charge is 0.342 e. The molecule has 0 spiro atoms. The van der Waals surface area contributed by atoms with Crippen LogP contribution in [0.5, 0.6) is 0 Å². The molecule has 1 aromatic heterocycles. The minimum atomic E-state index is -1.50. The van der Waals surface area contributed by atoms with Gasteiger partial charge in [0.15, 0.2) is 0 Å². The second-order valence-electron chi connectivity index (χ2n) is 2.99. The van der Waals surface area contributed by atoms with E-state index >= 15 is 0 Å². The predicted octanol–water partition coefficient (Wildman–Crippen LogP) is 2.04. The number of nitrogens with zero attached hydrogens (tertiary/aromatic N) is 2. The van der Waals surface area contributed by atoms with Gasteiger partial charge in [0.2, 0.25) is 0 Å². The predicted molar refractivity (Wildman–Crippen MR) is 57.5 cm³/mol. The van der Waals surface area contributed by atoms with Crippen LogP contribution in [0.4, 0.5) is 0 Å². The van der Waals surface area contributed by atoms with Crippen LogP contribution in [0.3, 0.4) is 0 Å². The van der Waals surface area contributed by atoms with Crippen LogP contribution in [0, 0.1) is 17.0 Å². The van der Waals surface area contributed by atoms with Gasteiger partial charge in [-0.05, 0) is 12.5 Å². The Balaban J connectivity index is 0.000000280. The van der Waals surface area contributed by atoms with Gasteiger partial charge < -0.3 is 10.2 Å². The van der Waals surface area contributed by atoms with Crippen LogP contribution in [-0.2, 0) is 0 Å². The van der Waals surface area contributed by atoms with E-state index in [0.717, 1.165) is 11.5 Å². The summed E-state index contributed by atoms with van der Waals surface area (Å²) < 4.78 is 0. The Bertz CT molecular complexity index is 449. The summed E-state index contributed by atoms with van der Waals surface area (Å²) in [5.41, 5.74) is 2.26. The molecule has 0 aliphatic heterocycles. The number of aromatic amines is 1. The van der Waals surface area contributed by atoms with E-state index in [1.165, 1.54) is 5.56 Å². The van der Waals surface area contributed by atoms with Crippen LogP contribution in [0.15, 0.2) is 36.5 Å². The van der Waals surface area contributed by atoms with E-state index in [-0.39, 0.29) is 0 Å². The van der Waals surface area contributed by atoms with Gasteiger partial charge in [0.25, 0.3) is 5.09 Å². The van der Waals surface area contributed by atoms with Gasteiger partial charge in [-0.1, -0.05) is 30.3 Å². The average Bonchev–Trinajstić information content (AvgIpc) is 2.65. The second-order valence-corrected chi connectivity index (χ2v) is 2.99. The minimum Gasteiger partial charge on any atom is -0.342 e. The van der Waals surface area contributed by atoms with Crippen molar-refractivity contribution in [2.24, 2.45) is 0 Å². The van der Waals surface area contributed by atoms with Crippen LogP contribution < -0.4 is 0 Å². The molecule has 0 radical (unpaired) electrons. The average molecular weight is 221 g/mol. The Kier molecular flexibility index (Phi) is 4.02. The molecule has 2 aromatic rings. The highest BCUT2D eigenvalue weighted by atomic mass is 16.9. The highest BCUT2D eigenvalue weighted by Crippen LogP contribution is 2.15. The summed E-state index contributed by atoms with van der Waals surface area (Å²) in [4.78, 5) is 15.7. The number of H-pyrrole nitrogens is 1. The molecule has 0 atom stereocenters. The smallest absolute Gasteiger partial charge is 0.291 e. The summed E-state index contributed by atoms with van der Waals surface area (Å²) in [6, 6.07) is 10.2. The topological polar surface area (TPSA) is 92.0 Å². The molecule has 0 aliphatic rings. The summed E-state index contributed by atoms with van der Waals surface area (Å²) >= 11 is 0. The SMILES string of the molecule is Cc1ncc(-c2ccccc2)[nH]1.O=[N+]([O-])O. The molecule has 16 heavy (non-hydrogen) atoms. The van der Waals surface area contributed by atoms with Crippen molar-refractivity contribution in [2.75, 3.05) is 0 Å². The molecule has 0 saturated heterocycles. The molecule has 2 N–H and O–H groups in total. The number of aromatic nitrogens is 2. The molecule has 0 bridgehead atoms. The maximum Gasteiger partial charge on any atom is 0.291 e. The highest BCUT2D eigenvalue weighted by molar-refractivity contribution is 5.57. The van der Waals surface area contributed by atoms with Crippen LogP contribution in [-0.4, -0.2) is 20.3 Å². The zero-order chi connectivity index (χ0) is 12.0. The van der Waals surface area contributed by atoms with E-state index < -0.39 is 5.09 Å². The number of benzene rings is 1. The zero-order valence-corrected chi connectivity index (χ0v) is 8.62. The molecule has 6 nitrogen and oxygen atoms in total. The highest BCUT2D eigenvalue weighted by Gasteiger charge is 1.97. The van der Waals surface area contributed by atoms with Crippen LogP contribution in [0.1, 0.15) is 5.82 Å². The third-order valence-corrected chi connectivity index (χ3v) is 1.79. The van der Waals surface area contributed by atoms with Gasteiger partial charge in [-0.2, -0.15) is 0 Å². The minimum absolute atomic E-state index is 0.953. The molecule has 0 fully saturated rings. The van der Waals surface area contributed by atoms with Crippen molar-refractivity contribution >= 4 is 0 Å². The van der Waals surface area contributed by atoms with Crippen molar-refractivity contribution in [3.05, 3.63) is 52.5 Å². The fourth-order valence-corrected chi connectivity index (χ4v) is 1.19. The monoisotopic (exact) mass is 221 g/mol. The Hall–Kier alpha value is -2.37. The van der Waals surface area contributed by atoms with Gasteiger partial charge in [-0.25, -0.2) is 4.98 Å². The van der Waals surface area contributed by atoms with Crippen molar-refractivity contribution < 1.29 is 10.3 Å². The van der Waals surface area contributed by atoms with Crippen LogP contribution in [0.2, 0.25) is 0 Å². The third-order valence-electron chi connectivity index (χ3n) is 1.79. The second kappa shape index (κ2) is 5.50. The Morgan fingerprint density at radius 2 is 1.94 bits per heavy atom. The lowest BCUT2D eigenvalue weighted by Crippen LogP contribution is -1.81. The Labute approximate surface area is 91.7 Å². The molecule has 0 aliphatic carbocycles. The summed E-state index contributed by atoms with van der Waals surface area (Å²) in [7, 11) is 0. The lowest BCUT2D eigenvalue weighted by Gasteiger charge is -1.94. The van der Waals surface area contributed by atoms with Gasteiger partial charge in [0.1, 0.15) is 5.82 Å². The summed E-state index contributed by atoms with van der Waals surface area (Å²) in [6.45, 7) is 1.95. The van der Waals surface area contributed by atoms with Gasteiger partial charge in [-0.3, -0.25) is 0 Å². The summed E-state index contributed by atoms with van der Waals surface area (Å²) in [5.74, 6) is 0.953. The lowest BCUT2D eigenvalue weighted by molar-refractivity contribution is -0.742. The first kappa shape index (κ1) is 11.7. The Morgan fingerprint density at radius 1 is 1.38 bits per heavy atom. The third kappa shape index (κ3) is 3.79. The van der Waals surface area contributed by atoms with E-state index in [1.54, 1.807) is 0 Å². The molecule has 84 valence electrons. The number of nitrogens with one attached hydrogen (secondary N) is 1. The molecule has 0 amide bonds. The number of rotatable bonds is 1. The van der Waals surface area contributed by atoms with Crippen LogP contribution in [0.25, 0.3) is 11.3 Å². The molecule has 1 aromatic carbocycles. The molecule has 6 heteroatoms. The quantitative estimate of drug-likeness (QED) is 0.569. The fraction of sp³-hybridized carbons (Fsp3) is 0.100. The Morgan fingerprint density at radius 3 is 2.38 bits per heavy atom. The van der Waals surface area contributed by atoms with E-state index in [4.69, 9.17) is 15.3 Å². The van der Waals surface area contributed by atoms with Gasteiger partial charge >= 0.3 is 0 Å². The van der Waals surface area contributed by atoms with E-state index in [2.05, 4.69) is 22.1 Å². The number of imidazole rings is 1. The molecular weight excluding hydrogens is 210 g/mol. The first-order valence-electron chi connectivity index (χ1n) is 4.50. The fourth-order valence-electron chi connectivity index (χ4n) is 1.19. The number of hydrogen-bond acceptors (Lipinski definition) is 3. The van der Waals surface area contributed by atoms with Gasteiger partial charge in [-0.15, -0.1) is 10.1 Å². The van der Waals surface area contributed by atoms with Gasteiger partial charge in [0.05, 0.1) is 11.9 Å². The first-order valence-corrected chi connectivity index (χ1v) is 4.50. The van der Waals surface area contributed by atoms with Crippen molar-refractivity contribution in [2.45, 2.75) is 6.92 Å². The normalized spacial score (nSPS) is 9.06. The maximum atomic E-state index is 8.36. The first-order chi connectivity index (χ1) is 7.59. The summed E-state index contributed by atoms with van der Waals surface area (Å²) in [5, 5.41) is 13.6. The molecule has 1 heterocycles. The van der Waals surface area contributed by atoms with Crippen molar-refractivity contribution in [1.29, 1.82) is 0 Å². The summed E-state index contributed by atoms with van der Waals surface area (Å²) in [6.07, 6.45) is 1.85. The van der Waals surface area contributed by atoms with Crippen molar-refractivity contribution in [3.8, 4) is 11.3 Å². The van der Waals surface area contributed by atoms with Crippen molar-refractivity contribution in [3.63, 3.8) is 0 Å². The van der Waals surface area contributed by atoms with E-state index in [9.17, 15) is 0 Å². The standard InChI is InChI=1S/C10H10N2.HNO3/c1-8-11-7-10(12-8)9-5-3-2-4-6-9;2-1(3)4/h2-7H,1H3,(H,11,12);(H,2,3,4). The molecular formula is C10H11N3O3. The molecule has 0 saturated carbocycles. The lowest BCUT2D eigenvalue weighted by atomic mass is 10.2. The maximum absolute atomic E-state index is 8.36.